The van der Waals surface area contributed by atoms with E-state index in [1.54, 1.807) is 29.2 Å². The van der Waals surface area contributed by atoms with Gasteiger partial charge in [0.15, 0.2) is 5.78 Å². The molecule has 0 aromatic heterocycles. The number of hydrogen-bond acceptors (Lipinski definition) is 8. The van der Waals surface area contributed by atoms with Crippen molar-refractivity contribution in [2.75, 3.05) is 55.9 Å². The molecule has 4 aromatic rings. The first-order valence-electron chi connectivity index (χ1n) is 14.7. The van der Waals surface area contributed by atoms with Crippen molar-refractivity contribution in [3.63, 3.8) is 0 Å². The first-order chi connectivity index (χ1) is 21.7. The molecule has 234 valence electrons. The van der Waals surface area contributed by atoms with Crippen LogP contribution in [-0.4, -0.2) is 76.6 Å². The quantitative estimate of drug-likeness (QED) is 0.135. The third-order valence-electron chi connectivity index (χ3n) is 7.55. The van der Waals surface area contributed by atoms with Crippen molar-refractivity contribution in [3.8, 4) is 5.75 Å². The van der Waals surface area contributed by atoms with Crippen LogP contribution in [0.4, 0.5) is 11.4 Å². The minimum atomic E-state index is -3.52. The number of benzene rings is 4. The first kappa shape index (κ1) is 31.7. The topological polar surface area (TPSA) is 122 Å². The van der Waals surface area contributed by atoms with Crippen LogP contribution in [0.5, 0.6) is 5.75 Å². The van der Waals surface area contributed by atoms with Crippen LogP contribution in [-0.2, 0) is 19.1 Å². The number of carbonyl (C=O) groups excluding carboxylic acids is 3. The van der Waals surface area contributed by atoms with Gasteiger partial charge in [0.2, 0.25) is 5.91 Å². The zero-order valence-corrected chi connectivity index (χ0v) is 25.8. The molecule has 1 saturated heterocycles. The van der Waals surface area contributed by atoms with Crippen LogP contribution in [0.25, 0.3) is 10.8 Å². The number of hydrogen-bond donors (Lipinski definition) is 1. The van der Waals surface area contributed by atoms with Crippen LogP contribution in [0.1, 0.15) is 33.6 Å². The van der Waals surface area contributed by atoms with E-state index in [0.717, 1.165) is 22.7 Å². The summed E-state index contributed by atoms with van der Waals surface area (Å²) in [5.74, 6) is 0.130. The maximum Gasteiger partial charge on any atom is 0.264 e. The number of rotatable bonds is 12. The summed E-state index contributed by atoms with van der Waals surface area (Å²) in [6.07, 6.45) is 1.20. The first-order valence-corrected chi connectivity index (χ1v) is 16.5. The fraction of sp³-hybridized carbons (Fsp3) is 0.265. The van der Waals surface area contributed by atoms with Gasteiger partial charge in [-0.15, -0.1) is 0 Å². The maximum atomic E-state index is 13.0. The summed E-state index contributed by atoms with van der Waals surface area (Å²) < 4.78 is 32.0. The van der Waals surface area contributed by atoms with Crippen LogP contribution in [0, 0.1) is 0 Å². The van der Waals surface area contributed by atoms with Crippen molar-refractivity contribution in [2.45, 2.75) is 12.8 Å². The molecular formula is C34H35N3O7S. The highest BCUT2D eigenvalue weighted by Gasteiger charge is 2.22. The zero-order chi connectivity index (χ0) is 31.8. The number of fused-ring (bicyclic) bond motifs is 1. The van der Waals surface area contributed by atoms with E-state index < -0.39 is 10.1 Å². The molecule has 0 saturated carbocycles. The zero-order valence-electron chi connectivity index (χ0n) is 25.0. The largest absolute Gasteiger partial charge is 0.491 e. The van der Waals surface area contributed by atoms with E-state index in [9.17, 15) is 22.8 Å². The Labute approximate surface area is 262 Å². The Morgan fingerprint density at radius 1 is 0.778 bits per heavy atom. The Bertz CT molecular complexity index is 1760. The summed E-state index contributed by atoms with van der Waals surface area (Å²) in [5, 5.41) is 4.91. The van der Waals surface area contributed by atoms with Crippen LogP contribution in [0.2, 0.25) is 0 Å². The molecule has 5 rings (SSSR count). The number of ether oxygens (including phenoxy) is 1. The van der Waals surface area contributed by atoms with Crippen LogP contribution < -0.4 is 15.0 Å². The van der Waals surface area contributed by atoms with Gasteiger partial charge >= 0.3 is 0 Å². The lowest BCUT2D eigenvalue weighted by atomic mass is 10.0. The maximum absolute atomic E-state index is 13.0. The van der Waals surface area contributed by atoms with Gasteiger partial charge in [0.1, 0.15) is 19.0 Å². The standard InChI is InChI=1S/C34H35N3O7S/c1-45(41,42)44-24-23-43-29-15-9-26(10-16-29)32(38)17-18-33(39)37-21-19-36(20-22-37)28-13-11-27(12-14-28)35-34(40)31-8-4-6-25-5-2-3-7-30(25)31/h2-16H,17-24H2,1H3,(H,35,40). The second-order valence-corrected chi connectivity index (χ2v) is 12.4. The molecule has 0 radical (unpaired) electrons. The lowest BCUT2D eigenvalue weighted by Gasteiger charge is -2.36. The highest BCUT2D eigenvalue weighted by molar-refractivity contribution is 7.85. The van der Waals surface area contributed by atoms with E-state index in [4.69, 9.17) is 4.74 Å². The average molecular weight is 630 g/mol. The minimum Gasteiger partial charge on any atom is -0.491 e. The van der Waals surface area contributed by atoms with Crippen molar-refractivity contribution in [1.29, 1.82) is 0 Å². The molecule has 0 atom stereocenters. The second-order valence-electron chi connectivity index (χ2n) is 10.7. The molecule has 2 amide bonds. The van der Waals surface area contributed by atoms with E-state index in [1.807, 2.05) is 66.7 Å². The van der Waals surface area contributed by atoms with Gasteiger partial charge in [-0.05, 0) is 65.4 Å². The number of anilines is 2. The van der Waals surface area contributed by atoms with Crippen molar-refractivity contribution in [1.82, 2.24) is 4.90 Å². The van der Waals surface area contributed by atoms with Crippen LogP contribution >= 0.6 is 0 Å². The Morgan fingerprint density at radius 3 is 2.18 bits per heavy atom. The summed E-state index contributed by atoms with van der Waals surface area (Å²) in [5.41, 5.74) is 2.82. The van der Waals surface area contributed by atoms with E-state index in [-0.39, 0.29) is 43.7 Å². The molecular weight excluding hydrogens is 594 g/mol. The summed E-state index contributed by atoms with van der Waals surface area (Å²) in [6.45, 7) is 2.40. The molecule has 0 bridgehead atoms. The van der Waals surface area contributed by atoms with Gasteiger partial charge in [0.05, 0.1) is 6.26 Å². The molecule has 1 N–H and O–H groups in total. The predicted molar refractivity (Wildman–Crippen MR) is 173 cm³/mol. The molecule has 0 aliphatic carbocycles. The third-order valence-corrected chi connectivity index (χ3v) is 8.14. The molecule has 0 spiro atoms. The van der Waals surface area contributed by atoms with E-state index in [0.29, 0.717) is 48.7 Å². The second kappa shape index (κ2) is 14.4. The summed E-state index contributed by atoms with van der Waals surface area (Å²) in [4.78, 5) is 42.4. The fourth-order valence-electron chi connectivity index (χ4n) is 5.20. The molecule has 0 unspecified atom stereocenters. The van der Waals surface area contributed by atoms with Crippen molar-refractivity contribution in [3.05, 3.63) is 102 Å². The van der Waals surface area contributed by atoms with E-state index in [2.05, 4.69) is 14.4 Å². The monoisotopic (exact) mass is 629 g/mol. The lowest BCUT2D eigenvalue weighted by molar-refractivity contribution is -0.131. The normalized spacial score (nSPS) is 13.4. The number of nitrogens with zero attached hydrogens (tertiary/aromatic N) is 2. The van der Waals surface area contributed by atoms with Gasteiger partial charge in [-0.2, -0.15) is 8.42 Å². The summed E-state index contributed by atoms with van der Waals surface area (Å²) in [6, 6.07) is 27.7. The Morgan fingerprint density at radius 2 is 1.47 bits per heavy atom. The molecule has 10 nitrogen and oxygen atoms in total. The number of amides is 2. The molecule has 1 heterocycles. The number of carbonyl (C=O) groups is 3. The molecule has 1 aliphatic rings. The lowest BCUT2D eigenvalue weighted by Crippen LogP contribution is -2.48. The Hall–Kier alpha value is -4.74. The summed E-state index contributed by atoms with van der Waals surface area (Å²) in [7, 11) is -3.52. The molecule has 1 fully saturated rings. The van der Waals surface area contributed by atoms with Gasteiger partial charge in [0.25, 0.3) is 16.0 Å². The van der Waals surface area contributed by atoms with Gasteiger partial charge in [0, 0.05) is 61.5 Å². The molecule has 1 aliphatic heterocycles. The Kier molecular flexibility index (Phi) is 10.1. The summed E-state index contributed by atoms with van der Waals surface area (Å²) >= 11 is 0. The molecule has 4 aromatic carbocycles. The van der Waals surface area contributed by atoms with Gasteiger partial charge < -0.3 is 19.9 Å². The van der Waals surface area contributed by atoms with Crippen molar-refractivity contribution >= 4 is 49.9 Å². The van der Waals surface area contributed by atoms with Gasteiger partial charge in [-0.1, -0.05) is 36.4 Å². The van der Waals surface area contributed by atoms with Gasteiger partial charge in [-0.25, -0.2) is 0 Å². The fourth-order valence-corrected chi connectivity index (χ4v) is 5.57. The van der Waals surface area contributed by atoms with Gasteiger partial charge in [-0.3, -0.25) is 18.6 Å². The number of Topliss-reactive ketones (excluding diaryl/α,β-unsaturated/α-hetero) is 1. The number of ketones is 1. The molecule has 45 heavy (non-hydrogen) atoms. The highest BCUT2D eigenvalue weighted by Crippen LogP contribution is 2.23. The average Bonchev–Trinajstić information content (AvgIpc) is 3.05. The van der Waals surface area contributed by atoms with Crippen LogP contribution in [0.15, 0.2) is 91.0 Å². The van der Waals surface area contributed by atoms with E-state index in [1.165, 1.54) is 0 Å². The van der Waals surface area contributed by atoms with E-state index >= 15 is 0 Å². The number of nitrogens with one attached hydrogen (secondary N) is 1. The predicted octanol–water partition coefficient (Wildman–Crippen LogP) is 4.76. The molecule has 11 heteroatoms. The van der Waals surface area contributed by atoms with Crippen molar-refractivity contribution in [2.24, 2.45) is 0 Å². The SMILES string of the molecule is CS(=O)(=O)OCCOc1ccc(C(=O)CCC(=O)N2CCN(c3ccc(NC(=O)c4cccc5ccccc45)cc3)CC2)cc1. The van der Waals surface area contributed by atoms with Crippen molar-refractivity contribution < 1.29 is 31.7 Å². The Balaban J connectivity index is 1.05. The minimum absolute atomic E-state index is 0.0538. The number of piperazine rings is 1. The highest BCUT2D eigenvalue weighted by atomic mass is 32.2. The van der Waals surface area contributed by atoms with Crippen LogP contribution in [0.3, 0.4) is 0 Å². The third kappa shape index (κ3) is 8.68. The smallest absolute Gasteiger partial charge is 0.264 e.